The van der Waals surface area contributed by atoms with Crippen LogP contribution in [0.3, 0.4) is 0 Å². The van der Waals surface area contributed by atoms with Crippen molar-refractivity contribution in [3.63, 3.8) is 0 Å². The van der Waals surface area contributed by atoms with Crippen molar-refractivity contribution in [3.8, 4) is 0 Å². The molecule has 1 unspecified atom stereocenters. The fraction of sp³-hybridized carbons (Fsp3) is 0.556. The Labute approximate surface area is 82.0 Å². The average molecular weight is 198 g/mol. The first-order valence-corrected chi connectivity index (χ1v) is 4.44. The van der Waals surface area contributed by atoms with Crippen LogP contribution in [0.15, 0.2) is 12.7 Å². The Balaban J connectivity index is 2.48. The van der Waals surface area contributed by atoms with Gasteiger partial charge in [-0.2, -0.15) is 0 Å². The van der Waals surface area contributed by atoms with E-state index in [-0.39, 0.29) is 0 Å². The second-order valence-corrected chi connectivity index (χ2v) is 3.51. The molecule has 14 heavy (non-hydrogen) atoms. The smallest absolute Gasteiger partial charge is 0.329 e. The second kappa shape index (κ2) is 3.79. The summed E-state index contributed by atoms with van der Waals surface area (Å²) in [4.78, 5) is 22.1. The molecule has 1 amide bonds. The van der Waals surface area contributed by atoms with E-state index < -0.39 is 23.5 Å². The summed E-state index contributed by atoms with van der Waals surface area (Å²) < 4.78 is 0. The lowest BCUT2D eigenvalue weighted by molar-refractivity contribution is -0.143. The van der Waals surface area contributed by atoms with E-state index in [0.29, 0.717) is 19.3 Å². The van der Waals surface area contributed by atoms with Gasteiger partial charge in [0.05, 0.1) is 6.04 Å². The van der Waals surface area contributed by atoms with Gasteiger partial charge in [-0.3, -0.25) is 4.79 Å². The summed E-state index contributed by atoms with van der Waals surface area (Å²) in [5.41, 5.74) is 4.44. The summed E-state index contributed by atoms with van der Waals surface area (Å²) in [6.45, 7) is 3.45. The topological polar surface area (TPSA) is 92.4 Å². The molecular formula is C9H14N2O3. The van der Waals surface area contributed by atoms with Gasteiger partial charge in [0.1, 0.15) is 5.54 Å². The summed E-state index contributed by atoms with van der Waals surface area (Å²) in [5, 5.41) is 11.2. The third-order valence-electron chi connectivity index (χ3n) is 2.28. The number of rotatable bonds is 5. The molecule has 0 spiro atoms. The van der Waals surface area contributed by atoms with Gasteiger partial charge < -0.3 is 16.2 Å². The van der Waals surface area contributed by atoms with Crippen molar-refractivity contribution in [3.05, 3.63) is 12.7 Å². The van der Waals surface area contributed by atoms with Crippen LogP contribution in [0.1, 0.15) is 19.3 Å². The molecule has 0 heterocycles. The van der Waals surface area contributed by atoms with Gasteiger partial charge in [-0.15, -0.1) is 6.58 Å². The van der Waals surface area contributed by atoms with Gasteiger partial charge in [0, 0.05) is 0 Å². The molecule has 1 saturated carbocycles. The number of aliphatic carboxylic acids is 1. The lowest BCUT2D eigenvalue weighted by atomic mass is 10.2. The summed E-state index contributed by atoms with van der Waals surface area (Å²) in [5.74, 6) is -1.42. The average Bonchev–Trinajstić information content (AvgIpc) is 2.86. The van der Waals surface area contributed by atoms with Crippen molar-refractivity contribution < 1.29 is 14.7 Å². The third-order valence-corrected chi connectivity index (χ3v) is 2.28. The molecule has 0 aromatic heterocycles. The van der Waals surface area contributed by atoms with E-state index in [0.717, 1.165) is 0 Å². The molecule has 1 aliphatic carbocycles. The van der Waals surface area contributed by atoms with Crippen molar-refractivity contribution in [2.75, 3.05) is 0 Å². The number of carboxylic acid groups (broad SMARTS) is 1. The molecule has 5 heteroatoms. The van der Waals surface area contributed by atoms with Gasteiger partial charge >= 0.3 is 5.97 Å². The van der Waals surface area contributed by atoms with E-state index in [1.165, 1.54) is 6.08 Å². The molecule has 0 saturated heterocycles. The Hall–Kier alpha value is -1.36. The van der Waals surface area contributed by atoms with Crippen LogP contribution in [0.2, 0.25) is 0 Å². The maximum absolute atomic E-state index is 11.3. The Morgan fingerprint density at radius 2 is 2.21 bits per heavy atom. The summed E-state index contributed by atoms with van der Waals surface area (Å²) in [6.07, 6.45) is 2.84. The van der Waals surface area contributed by atoms with Crippen molar-refractivity contribution >= 4 is 11.9 Å². The van der Waals surface area contributed by atoms with E-state index >= 15 is 0 Å². The van der Waals surface area contributed by atoms with Crippen LogP contribution in [0.25, 0.3) is 0 Å². The predicted molar refractivity (Wildman–Crippen MR) is 50.5 cm³/mol. The SMILES string of the molecule is C=CCC(N)C(=O)NC1(C(=O)O)CC1. The van der Waals surface area contributed by atoms with Gasteiger partial charge in [0.2, 0.25) is 5.91 Å². The first kappa shape index (κ1) is 10.7. The molecule has 1 fully saturated rings. The second-order valence-electron chi connectivity index (χ2n) is 3.51. The molecule has 0 radical (unpaired) electrons. The van der Waals surface area contributed by atoms with Crippen molar-refractivity contribution in [1.82, 2.24) is 5.32 Å². The molecule has 0 bridgehead atoms. The third kappa shape index (κ3) is 2.11. The van der Waals surface area contributed by atoms with Crippen LogP contribution in [0.5, 0.6) is 0 Å². The molecule has 1 aliphatic rings. The Bertz CT molecular complexity index is 271. The molecule has 0 aromatic rings. The summed E-state index contributed by atoms with van der Waals surface area (Å²) in [6, 6.07) is -0.704. The summed E-state index contributed by atoms with van der Waals surface area (Å²) >= 11 is 0. The fourth-order valence-corrected chi connectivity index (χ4v) is 1.13. The van der Waals surface area contributed by atoms with Crippen LogP contribution in [0, 0.1) is 0 Å². The minimum Gasteiger partial charge on any atom is -0.480 e. The number of nitrogens with one attached hydrogen (secondary N) is 1. The molecule has 5 nitrogen and oxygen atoms in total. The minimum atomic E-state index is -1.05. The quantitative estimate of drug-likeness (QED) is 0.525. The number of carbonyl (C=O) groups is 2. The number of nitrogens with two attached hydrogens (primary N) is 1. The highest BCUT2D eigenvalue weighted by Crippen LogP contribution is 2.35. The van der Waals surface area contributed by atoms with Crippen LogP contribution in [-0.4, -0.2) is 28.6 Å². The number of hydrogen-bond acceptors (Lipinski definition) is 3. The molecular weight excluding hydrogens is 184 g/mol. The fourth-order valence-electron chi connectivity index (χ4n) is 1.13. The zero-order chi connectivity index (χ0) is 10.8. The number of hydrogen-bond donors (Lipinski definition) is 3. The van der Waals surface area contributed by atoms with Crippen LogP contribution in [-0.2, 0) is 9.59 Å². The van der Waals surface area contributed by atoms with Gasteiger partial charge in [-0.25, -0.2) is 4.79 Å². The minimum absolute atomic E-state index is 0.349. The first-order valence-electron chi connectivity index (χ1n) is 4.44. The lowest BCUT2D eigenvalue weighted by Crippen LogP contribution is -2.49. The predicted octanol–water partition coefficient (Wildman–Crippen LogP) is -0.377. The monoisotopic (exact) mass is 198 g/mol. The lowest BCUT2D eigenvalue weighted by Gasteiger charge is -2.15. The zero-order valence-corrected chi connectivity index (χ0v) is 7.82. The highest BCUT2D eigenvalue weighted by Gasteiger charge is 2.51. The number of carbonyl (C=O) groups excluding carboxylic acids is 1. The molecule has 78 valence electrons. The highest BCUT2D eigenvalue weighted by atomic mass is 16.4. The van der Waals surface area contributed by atoms with Crippen molar-refractivity contribution in [1.29, 1.82) is 0 Å². The van der Waals surface area contributed by atoms with E-state index in [9.17, 15) is 9.59 Å². The van der Waals surface area contributed by atoms with Crippen LogP contribution in [0.4, 0.5) is 0 Å². The molecule has 0 aliphatic heterocycles. The molecule has 4 N–H and O–H groups in total. The van der Waals surface area contributed by atoms with E-state index in [1.807, 2.05) is 0 Å². The molecule has 1 rings (SSSR count). The molecule has 1 atom stereocenters. The van der Waals surface area contributed by atoms with Crippen LogP contribution >= 0.6 is 0 Å². The highest BCUT2D eigenvalue weighted by molar-refractivity contribution is 5.91. The largest absolute Gasteiger partial charge is 0.480 e. The Morgan fingerprint density at radius 3 is 2.57 bits per heavy atom. The van der Waals surface area contributed by atoms with E-state index in [2.05, 4.69) is 11.9 Å². The molecule has 0 aromatic carbocycles. The van der Waals surface area contributed by atoms with E-state index in [1.54, 1.807) is 0 Å². The normalized spacial score (nSPS) is 19.5. The number of carboxylic acids is 1. The van der Waals surface area contributed by atoms with Gasteiger partial charge in [-0.1, -0.05) is 6.08 Å². The zero-order valence-electron chi connectivity index (χ0n) is 7.82. The van der Waals surface area contributed by atoms with Gasteiger partial charge in [0.25, 0.3) is 0 Å². The van der Waals surface area contributed by atoms with Crippen LogP contribution < -0.4 is 11.1 Å². The first-order chi connectivity index (χ1) is 6.52. The standard InChI is InChI=1S/C9H14N2O3/c1-2-3-6(10)7(12)11-9(4-5-9)8(13)14/h2,6H,1,3-5,10H2,(H,11,12)(H,13,14). The van der Waals surface area contributed by atoms with Crippen molar-refractivity contribution in [2.45, 2.75) is 30.8 Å². The van der Waals surface area contributed by atoms with E-state index in [4.69, 9.17) is 10.8 Å². The maximum Gasteiger partial charge on any atom is 0.329 e. The van der Waals surface area contributed by atoms with Gasteiger partial charge in [-0.05, 0) is 19.3 Å². The van der Waals surface area contributed by atoms with Gasteiger partial charge in [0.15, 0.2) is 0 Å². The maximum atomic E-state index is 11.3. The van der Waals surface area contributed by atoms with Crippen molar-refractivity contribution in [2.24, 2.45) is 5.73 Å². The Morgan fingerprint density at radius 1 is 1.64 bits per heavy atom. The summed E-state index contributed by atoms with van der Waals surface area (Å²) in [7, 11) is 0. The number of amides is 1. The Kier molecular flexibility index (Phi) is 2.90.